The lowest BCUT2D eigenvalue weighted by Gasteiger charge is -2.71. The van der Waals surface area contributed by atoms with Crippen LogP contribution in [-0.2, 0) is 33.2 Å². The van der Waals surface area contributed by atoms with Gasteiger partial charge >= 0.3 is 5.97 Å². The molecule has 22 atom stereocenters. The van der Waals surface area contributed by atoms with Crippen LogP contribution < -0.4 is 0 Å². The number of carboxylic acid groups (broad SMARTS) is 1. The van der Waals surface area contributed by atoms with E-state index < -0.39 is 128 Å². The fourth-order valence-corrected chi connectivity index (χ4v) is 14.4. The van der Waals surface area contributed by atoms with Gasteiger partial charge in [-0.3, -0.25) is 4.79 Å². The van der Waals surface area contributed by atoms with Crippen LogP contribution in [0.2, 0.25) is 0 Å². The maximum absolute atomic E-state index is 13.1. The Morgan fingerprint density at radius 2 is 1.31 bits per heavy atom. The molecule has 0 aromatic rings. The molecular formula is C45H72O17. The van der Waals surface area contributed by atoms with E-state index in [4.69, 9.17) is 28.4 Å². The predicted octanol–water partition coefficient (Wildman–Crippen LogP) is 0.709. The third-order valence-corrected chi connectivity index (χ3v) is 18.3. The van der Waals surface area contributed by atoms with Crippen LogP contribution in [-0.4, -0.2) is 168 Å². The second-order valence-electron chi connectivity index (χ2n) is 21.9. The molecule has 7 fully saturated rings. The van der Waals surface area contributed by atoms with E-state index in [1.54, 1.807) is 0 Å². The number of aliphatic carboxylic acids is 1. The van der Waals surface area contributed by atoms with E-state index in [1.807, 2.05) is 6.92 Å². The SMILES string of the molecule is CC1(C)[C@@H](O[C@@H]2O[C@H](CO)[C@@H](O)[C@H](O[C@@H]3OC[C@H](O)[C@H](O)[C@H]3O)[C@H]2O[C@@H]2OC[C@@H](O)[C@H](O)[C@H]2O)CC[C@]2(C)[C@H]3CC=C4[C@@H]5C[C@](C)(O)CC[C@]5(C(=O)O)CC[C@@]4(C)[C@]3(C)CC[C@@H]12. The largest absolute Gasteiger partial charge is 0.481 e. The highest BCUT2D eigenvalue weighted by Crippen LogP contribution is 2.75. The van der Waals surface area contributed by atoms with E-state index in [9.17, 15) is 55.9 Å². The minimum absolute atomic E-state index is 0.144. The molecule has 354 valence electrons. The first-order chi connectivity index (χ1) is 29.0. The maximum atomic E-state index is 13.1. The number of carboxylic acids is 1. The summed E-state index contributed by atoms with van der Waals surface area (Å²) in [5.41, 5.74) is -1.64. The molecular weight excluding hydrogens is 812 g/mol. The van der Waals surface area contributed by atoms with Gasteiger partial charge in [-0.05, 0) is 111 Å². The average molecular weight is 885 g/mol. The Hall–Kier alpha value is -1.39. The molecule has 3 heterocycles. The van der Waals surface area contributed by atoms with E-state index >= 15 is 0 Å². The van der Waals surface area contributed by atoms with Crippen LogP contribution in [0.4, 0.5) is 0 Å². The van der Waals surface area contributed by atoms with Crippen molar-refractivity contribution in [1.82, 2.24) is 0 Å². The number of aliphatic hydroxyl groups is 9. The van der Waals surface area contributed by atoms with Gasteiger partial charge in [-0.15, -0.1) is 0 Å². The molecule has 0 unspecified atom stereocenters. The summed E-state index contributed by atoms with van der Waals surface area (Å²) in [6.45, 7) is 11.9. The van der Waals surface area contributed by atoms with Gasteiger partial charge in [0.15, 0.2) is 18.9 Å². The van der Waals surface area contributed by atoms with Gasteiger partial charge in [-0.2, -0.15) is 0 Å². The van der Waals surface area contributed by atoms with Crippen LogP contribution in [0.5, 0.6) is 0 Å². The van der Waals surface area contributed by atoms with E-state index in [0.717, 1.165) is 32.1 Å². The van der Waals surface area contributed by atoms with E-state index in [1.165, 1.54) is 5.57 Å². The monoisotopic (exact) mass is 884 g/mol. The molecule has 10 N–H and O–H groups in total. The summed E-state index contributed by atoms with van der Waals surface area (Å²) >= 11 is 0. The molecule has 0 aromatic heterocycles. The normalized spacial score (nSPS) is 55.1. The molecule has 8 aliphatic rings. The molecule has 0 aromatic carbocycles. The summed E-state index contributed by atoms with van der Waals surface area (Å²) in [5.74, 6) is -0.575. The van der Waals surface area contributed by atoms with Crippen LogP contribution in [0.25, 0.3) is 0 Å². The Labute approximate surface area is 363 Å². The highest BCUT2D eigenvalue weighted by Gasteiger charge is 2.70. The second kappa shape index (κ2) is 16.4. The van der Waals surface area contributed by atoms with Crippen molar-refractivity contribution in [3.8, 4) is 0 Å². The highest BCUT2D eigenvalue weighted by molar-refractivity contribution is 5.76. The summed E-state index contributed by atoms with van der Waals surface area (Å²) in [7, 11) is 0. The van der Waals surface area contributed by atoms with Gasteiger partial charge in [0.05, 0.1) is 36.9 Å². The molecule has 3 saturated heterocycles. The fourth-order valence-electron chi connectivity index (χ4n) is 14.4. The third-order valence-electron chi connectivity index (χ3n) is 18.3. The first-order valence-electron chi connectivity index (χ1n) is 22.8. The van der Waals surface area contributed by atoms with Crippen LogP contribution in [0.3, 0.4) is 0 Å². The quantitative estimate of drug-likeness (QED) is 0.119. The van der Waals surface area contributed by atoms with Crippen molar-refractivity contribution in [3.05, 3.63) is 11.6 Å². The number of aliphatic hydroxyl groups excluding tert-OH is 8. The highest BCUT2D eigenvalue weighted by atomic mass is 16.8. The number of ether oxygens (including phenoxy) is 6. The Balaban J connectivity index is 1.08. The number of fused-ring (bicyclic) bond motifs is 7. The van der Waals surface area contributed by atoms with E-state index in [2.05, 4.69) is 40.7 Å². The lowest BCUT2D eigenvalue weighted by atomic mass is 9.33. The van der Waals surface area contributed by atoms with Crippen molar-refractivity contribution >= 4 is 5.97 Å². The fraction of sp³-hybridized carbons (Fsp3) is 0.933. The molecule has 0 bridgehead atoms. The third kappa shape index (κ3) is 7.27. The van der Waals surface area contributed by atoms with Gasteiger partial charge in [0.1, 0.15) is 61.0 Å². The zero-order valence-electron chi connectivity index (χ0n) is 36.9. The molecule has 0 amide bonds. The van der Waals surface area contributed by atoms with Crippen molar-refractivity contribution < 1.29 is 84.3 Å². The second-order valence-corrected chi connectivity index (χ2v) is 21.9. The standard InChI is InChI=1S/C45H72O17/c1-40(2)26-9-12-44(6)27(8-7-21-22-17-41(3,56)13-15-45(22,39(54)55)16-14-43(21,44)5)42(26,4)11-10-28(40)60-38-35(62-37-33(53)30(50)24(48)20-58-37)34(31(51)25(18-46)59-38)61-36-32(52)29(49)23(47)19-57-36/h7,22-38,46-53,56H,8-20H2,1-6H3,(H,54,55)/t22-,23-,24+,25+,26-,27+,28-,29-,30-,31+,32+,33+,34-,35+,36-,37-,38-,41+,42-,43+,44+,45-/m0/s1. The topological polar surface area (TPSA) is 275 Å². The van der Waals surface area contributed by atoms with Gasteiger partial charge in [0.2, 0.25) is 0 Å². The van der Waals surface area contributed by atoms with Crippen LogP contribution in [0, 0.1) is 44.8 Å². The first-order valence-corrected chi connectivity index (χ1v) is 22.8. The zero-order chi connectivity index (χ0) is 45.1. The minimum atomic E-state index is -1.75. The summed E-state index contributed by atoms with van der Waals surface area (Å²) in [4.78, 5) is 13.1. The van der Waals surface area contributed by atoms with Gasteiger partial charge < -0.3 is 79.5 Å². The lowest BCUT2D eigenvalue weighted by molar-refractivity contribution is -0.390. The number of rotatable bonds is 8. The summed E-state index contributed by atoms with van der Waals surface area (Å²) in [6.07, 6.45) is -11.5. The minimum Gasteiger partial charge on any atom is -0.481 e. The summed E-state index contributed by atoms with van der Waals surface area (Å²) in [5, 5.41) is 107. The zero-order valence-corrected chi connectivity index (χ0v) is 36.9. The summed E-state index contributed by atoms with van der Waals surface area (Å²) in [6, 6.07) is 0. The average Bonchev–Trinajstić information content (AvgIpc) is 3.20. The number of hydrogen-bond donors (Lipinski definition) is 10. The molecule has 0 radical (unpaired) electrons. The number of carbonyl (C=O) groups is 1. The molecule has 17 heteroatoms. The Morgan fingerprint density at radius 3 is 1.90 bits per heavy atom. The van der Waals surface area contributed by atoms with Crippen LogP contribution >= 0.6 is 0 Å². The number of allylic oxidation sites excluding steroid dienone is 2. The van der Waals surface area contributed by atoms with Crippen LogP contribution in [0.15, 0.2) is 11.6 Å². The maximum Gasteiger partial charge on any atom is 0.310 e. The van der Waals surface area contributed by atoms with Crippen molar-refractivity contribution in [2.24, 2.45) is 44.8 Å². The van der Waals surface area contributed by atoms with Crippen LogP contribution in [0.1, 0.15) is 106 Å². The molecule has 3 aliphatic heterocycles. The van der Waals surface area contributed by atoms with Crippen molar-refractivity contribution in [2.75, 3.05) is 19.8 Å². The predicted molar refractivity (Wildman–Crippen MR) is 215 cm³/mol. The summed E-state index contributed by atoms with van der Waals surface area (Å²) < 4.78 is 36.7. The van der Waals surface area contributed by atoms with Gasteiger partial charge in [-0.1, -0.05) is 46.3 Å². The molecule has 5 aliphatic carbocycles. The number of hydrogen-bond acceptors (Lipinski definition) is 16. The first kappa shape index (κ1) is 47.1. The van der Waals surface area contributed by atoms with Crippen molar-refractivity contribution in [3.63, 3.8) is 0 Å². The van der Waals surface area contributed by atoms with E-state index in [0.29, 0.717) is 32.1 Å². The van der Waals surface area contributed by atoms with Gasteiger partial charge in [0.25, 0.3) is 0 Å². The van der Waals surface area contributed by atoms with Gasteiger partial charge in [0, 0.05) is 0 Å². The van der Waals surface area contributed by atoms with Crippen molar-refractivity contribution in [2.45, 2.75) is 197 Å². The molecule has 8 rings (SSSR count). The van der Waals surface area contributed by atoms with E-state index in [-0.39, 0.29) is 34.0 Å². The molecule has 17 nitrogen and oxygen atoms in total. The molecule has 4 saturated carbocycles. The smallest absolute Gasteiger partial charge is 0.310 e. The molecule has 62 heavy (non-hydrogen) atoms. The lowest BCUT2D eigenvalue weighted by Crippen LogP contribution is -2.67. The Morgan fingerprint density at radius 1 is 0.710 bits per heavy atom. The molecule has 0 spiro atoms. The Kier molecular flexibility index (Phi) is 12.5. The van der Waals surface area contributed by atoms with Gasteiger partial charge in [-0.25, -0.2) is 0 Å². The Bertz CT molecular complexity index is 1690. The van der Waals surface area contributed by atoms with Crippen molar-refractivity contribution in [1.29, 1.82) is 0 Å².